The summed E-state index contributed by atoms with van der Waals surface area (Å²) in [6, 6.07) is 7.85. The van der Waals surface area contributed by atoms with Crippen molar-refractivity contribution in [3.05, 3.63) is 35.4 Å². The zero-order chi connectivity index (χ0) is 18.3. The third-order valence-electron chi connectivity index (χ3n) is 4.10. The number of aliphatic imine (C=N–C) groups is 1. The lowest BCUT2D eigenvalue weighted by atomic mass is 10.1. The van der Waals surface area contributed by atoms with Crippen LogP contribution in [0.25, 0.3) is 0 Å². The molecule has 5 heteroatoms. The average molecular weight is 345 g/mol. The van der Waals surface area contributed by atoms with E-state index in [2.05, 4.69) is 43.3 Å². The molecule has 0 bridgehead atoms. The number of nitrogens with zero attached hydrogens (tertiary/aromatic N) is 2. The van der Waals surface area contributed by atoms with Crippen LogP contribution in [0, 0.1) is 0 Å². The first-order chi connectivity index (χ1) is 11.9. The van der Waals surface area contributed by atoms with Gasteiger partial charge in [0.15, 0.2) is 5.96 Å². The van der Waals surface area contributed by atoms with E-state index in [4.69, 9.17) is 0 Å². The highest BCUT2D eigenvalue weighted by molar-refractivity contribution is 5.94. The maximum Gasteiger partial charge on any atom is 0.253 e. The van der Waals surface area contributed by atoms with Gasteiger partial charge in [-0.25, -0.2) is 4.99 Å². The van der Waals surface area contributed by atoms with Crippen LogP contribution in [0.15, 0.2) is 29.3 Å². The molecule has 0 atom stereocenters. The van der Waals surface area contributed by atoms with Crippen molar-refractivity contribution < 1.29 is 4.79 Å². The topological polar surface area (TPSA) is 56.7 Å². The largest absolute Gasteiger partial charge is 0.357 e. The number of likely N-dealkylation sites (tertiary alicyclic amines) is 1. The Labute approximate surface area is 151 Å². The number of guanidine groups is 1. The second-order valence-electron chi connectivity index (χ2n) is 7.62. The molecule has 0 aromatic heterocycles. The number of benzene rings is 1. The van der Waals surface area contributed by atoms with Crippen LogP contribution in [-0.4, -0.2) is 41.9 Å². The minimum absolute atomic E-state index is 0.0360. The smallest absolute Gasteiger partial charge is 0.253 e. The molecule has 1 aliphatic rings. The van der Waals surface area contributed by atoms with E-state index in [1.165, 1.54) is 6.42 Å². The predicted octanol–water partition coefficient (Wildman–Crippen LogP) is 3.17. The van der Waals surface area contributed by atoms with Crippen LogP contribution in [0.1, 0.15) is 62.9 Å². The van der Waals surface area contributed by atoms with E-state index >= 15 is 0 Å². The Hall–Kier alpha value is -2.04. The van der Waals surface area contributed by atoms with Gasteiger partial charge in [0, 0.05) is 30.7 Å². The van der Waals surface area contributed by atoms with Gasteiger partial charge in [-0.1, -0.05) is 12.1 Å². The summed E-state index contributed by atoms with van der Waals surface area (Å²) in [6.07, 6.45) is 3.47. The van der Waals surface area contributed by atoms with Crippen LogP contribution >= 0.6 is 0 Å². The van der Waals surface area contributed by atoms with Gasteiger partial charge < -0.3 is 15.5 Å². The standard InChI is InChI=1S/C20H32N4O/c1-5-21-19(23-20(2,3)4)22-15-16-9-11-17(12-10-16)18(25)24-13-7-6-8-14-24/h9-12H,5-8,13-15H2,1-4H3,(H2,21,22,23). The van der Waals surface area contributed by atoms with E-state index in [0.717, 1.165) is 49.6 Å². The molecule has 2 rings (SSSR count). The molecule has 1 heterocycles. The molecule has 1 fully saturated rings. The molecule has 1 aromatic rings. The number of hydrogen-bond donors (Lipinski definition) is 2. The SMILES string of the molecule is CCNC(=NCc1ccc(C(=O)N2CCCCC2)cc1)NC(C)(C)C. The summed E-state index contributed by atoms with van der Waals surface area (Å²) in [5.74, 6) is 0.959. The van der Waals surface area contributed by atoms with Crippen LogP contribution < -0.4 is 10.6 Å². The fourth-order valence-corrected chi connectivity index (χ4v) is 2.86. The van der Waals surface area contributed by atoms with Crippen LogP contribution in [0.4, 0.5) is 0 Å². The monoisotopic (exact) mass is 344 g/mol. The van der Waals surface area contributed by atoms with Crippen molar-refractivity contribution in [3.8, 4) is 0 Å². The summed E-state index contributed by atoms with van der Waals surface area (Å²) in [5.41, 5.74) is 1.83. The summed E-state index contributed by atoms with van der Waals surface area (Å²) in [5, 5.41) is 6.64. The van der Waals surface area contributed by atoms with Crippen molar-refractivity contribution in [1.82, 2.24) is 15.5 Å². The number of rotatable bonds is 4. The molecule has 1 aromatic carbocycles. The van der Waals surface area contributed by atoms with Crippen molar-refractivity contribution in [3.63, 3.8) is 0 Å². The van der Waals surface area contributed by atoms with Gasteiger partial charge in [-0.2, -0.15) is 0 Å². The van der Waals surface area contributed by atoms with Crippen LogP contribution in [0.3, 0.4) is 0 Å². The fourth-order valence-electron chi connectivity index (χ4n) is 2.86. The van der Waals surface area contributed by atoms with E-state index in [1.807, 2.05) is 29.2 Å². The number of hydrogen-bond acceptors (Lipinski definition) is 2. The zero-order valence-corrected chi connectivity index (χ0v) is 16.1. The van der Waals surface area contributed by atoms with E-state index in [-0.39, 0.29) is 11.4 Å². The molecule has 0 aliphatic carbocycles. The van der Waals surface area contributed by atoms with Gasteiger partial charge in [-0.3, -0.25) is 4.79 Å². The zero-order valence-electron chi connectivity index (χ0n) is 16.1. The highest BCUT2D eigenvalue weighted by Gasteiger charge is 2.17. The summed E-state index contributed by atoms with van der Waals surface area (Å²) in [4.78, 5) is 19.1. The van der Waals surface area contributed by atoms with Crippen molar-refractivity contribution in [1.29, 1.82) is 0 Å². The average Bonchev–Trinajstić information content (AvgIpc) is 2.59. The third kappa shape index (κ3) is 6.40. The molecule has 2 N–H and O–H groups in total. The Morgan fingerprint density at radius 3 is 2.32 bits per heavy atom. The maximum absolute atomic E-state index is 12.5. The molecule has 5 nitrogen and oxygen atoms in total. The Morgan fingerprint density at radius 2 is 1.76 bits per heavy atom. The van der Waals surface area contributed by atoms with Crippen LogP contribution in [0.2, 0.25) is 0 Å². The number of amides is 1. The normalized spacial score (nSPS) is 15.8. The van der Waals surface area contributed by atoms with Gasteiger partial charge in [0.2, 0.25) is 0 Å². The molecular weight excluding hydrogens is 312 g/mol. The lowest BCUT2D eigenvalue weighted by Crippen LogP contribution is -2.47. The molecule has 0 spiro atoms. The first-order valence-corrected chi connectivity index (χ1v) is 9.34. The van der Waals surface area contributed by atoms with E-state index in [1.54, 1.807) is 0 Å². The Kier molecular flexibility index (Phi) is 6.85. The molecule has 0 radical (unpaired) electrons. The number of carbonyl (C=O) groups is 1. The first kappa shape index (κ1) is 19.3. The lowest BCUT2D eigenvalue weighted by molar-refractivity contribution is 0.0724. The van der Waals surface area contributed by atoms with Gasteiger partial charge >= 0.3 is 0 Å². The number of carbonyl (C=O) groups excluding carboxylic acids is 1. The van der Waals surface area contributed by atoms with Gasteiger partial charge in [-0.15, -0.1) is 0 Å². The lowest BCUT2D eigenvalue weighted by Gasteiger charge is -2.26. The van der Waals surface area contributed by atoms with Crippen molar-refractivity contribution in [2.45, 2.75) is 59.0 Å². The third-order valence-corrected chi connectivity index (χ3v) is 4.10. The van der Waals surface area contributed by atoms with Crippen LogP contribution in [-0.2, 0) is 6.54 Å². The van der Waals surface area contributed by atoms with Crippen molar-refractivity contribution >= 4 is 11.9 Å². The molecule has 1 saturated heterocycles. The first-order valence-electron chi connectivity index (χ1n) is 9.34. The Balaban J connectivity index is 1.98. The summed E-state index contributed by atoms with van der Waals surface area (Å²) < 4.78 is 0. The van der Waals surface area contributed by atoms with Gasteiger partial charge in [-0.05, 0) is 64.7 Å². The highest BCUT2D eigenvalue weighted by Crippen LogP contribution is 2.14. The summed E-state index contributed by atoms with van der Waals surface area (Å²) >= 11 is 0. The van der Waals surface area contributed by atoms with Crippen molar-refractivity contribution in [2.75, 3.05) is 19.6 Å². The molecule has 1 amide bonds. The van der Waals surface area contributed by atoms with E-state index < -0.39 is 0 Å². The minimum Gasteiger partial charge on any atom is -0.357 e. The van der Waals surface area contributed by atoms with Gasteiger partial charge in [0.1, 0.15) is 0 Å². The highest BCUT2D eigenvalue weighted by atomic mass is 16.2. The molecule has 138 valence electrons. The van der Waals surface area contributed by atoms with E-state index in [0.29, 0.717) is 6.54 Å². The Morgan fingerprint density at radius 1 is 1.12 bits per heavy atom. The second kappa shape index (κ2) is 8.88. The molecule has 0 saturated carbocycles. The summed E-state index contributed by atoms with van der Waals surface area (Å²) in [6.45, 7) is 11.6. The van der Waals surface area contributed by atoms with Gasteiger partial charge in [0.05, 0.1) is 6.54 Å². The van der Waals surface area contributed by atoms with Crippen molar-refractivity contribution in [2.24, 2.45) is 4.99 Å². The molecular formula is C20H32N4O. The Bertz CT molecular complexity index is 581. The fraction of sp³-hybridized carbons (Fsp3) is 0.600. The number of piperidine rings is 1. The van der Waals surface area contributed by atoms with Crippen LogP contribution in [0.5, 0.6) is 0 Å². The number of nitrogens with one attached hydrogen (secondary N) is 2. The van der Waals surface area contributed by atoms with E-state index in [9.17, 15) is 4.79 Å². The molecule has 1 aliphatic heterocycles. The summed E-state index contributed by atoms with van der Waals surface area (Å²) in [7, 11) is 0. The minimum atomic E-state index is -0.0360. The second-order valence-corrected chi connectivity index (χ2v) is 7.62. The quantitative estimate of drug-likeness (QED) is 0.651. The molecule has 25 heavy (non-hydrogen) atoms. The maximum atomic E-state index is 12.5. The molecule has 0 unspecified atom stereocenters. The van der Waals surface area contributed by atoms with Gasteiger partial charge in [0.25, 0.3) is 5.91 Å². The predicted molar refractivity (Wildman–Crippen MR) is 104 cm³/mol.